The van der Waals surface area contributed by atoms with Crippen LogP contribution in [0, 0.1) is 10.1 Å². The molecule has 0 spiro atoms. The third kappa shape index (κ3) is 3.62. The minimum atomic E-state index is -0.460. The van der Waals surface area contributed by atoms with Gasteiger partial charge in [0, 0.05) is 30.1 Å². The van der Waals surface area contributed by atoms with Crippen molar-refractivity contribution in [1.82, 2.24) is 5.32 Å². The fourth-order valence-corrected chi connectivity index (χ4v) is 3.06. The Kier molecular flexibility index (Phi) is 4.27. The second-order valence-corrected chi connectivity index (χ2v) is 6.81. The minimum Gasteiger partial charge on any atom is -0.459 e. The van der Waals surface area contributed by atoms with Crippen LogP contribution in [0.5, 0.6) is 0 Å². The lowest BCUT2D eigenvalue weighted by atomic mass is 10.1. The average molecular weight is 365 g/mol. The van der Waals surface area contributed by atoms with E-state index in [1.54, 1.807) is 24.1 Å². The Morgan fingerprint density at radius 2 is 2.04 bits per heavy atom. The first kappa shape index (κ1) is 17.1. The van der Waals surface area contributed by atoms with E-state index in [-0.39, 0.29) is 17.6 Å². The first-order chi connectivity index (χ1) is 13.0. The third-order valence-corrected chi connectivity index (χ3v) is 4.63. The zero-order valence-corrected chi connectivity index (χ0v) is 14.8. The maximum absolute atomic E-state index is 12.2. The third-order valence-electron chi connectivity index (χ3n) is 4.63. The number of carbonyl (C=O) groups excluding carboxylic acids is 1. The van der Waals surface area contributed by atoms with Crippen molar-refractivity contribution in [3.05, 3.63) is 70.0 Å². The van der Waals surface area contributed by atoms with Crippen molar-refractivity contribution in [1.29, 1.82) is 0 Å². The fraction of sp³-hybridized carbons (Fsp3) is 0.250. The van der Waals surface area contributed by atoms with Crippen LogP contribution in [-0.2, 0) is 6.54 Å². The summed E-state index contributed by atoms with van der Waals surface area (Å²) in [4.78, 5) is 25.0. The van der Waals surface area contributed by atoms with Gasteiger partial charge >= 0.3 is 0 Å². The van der Waals surface area contributed by atoms with Gasteiger partial charge in [0.1, 0.15) is 17.0 Å². The lowest BCUT2D eigenvalue weighted by Gasteiger charge is -2.18. The van der Waals surface area contributed by atoms with Crippen LogP contribution in [0.4, 0.5) is 11.4 Å². The van der Waals surface area contributed by atoms with E-state index in [0.717, 1.165) is 23.8 Å². The number of furan rings is 1. The molecule has 1 fully saturated rings. The second-order valence-electron chi connectivity index (χ2n) is 6.81. The summed E-state index contributed by atoms with van der Waals surface area (Å²) >= 11 is 0. The lowest BCUT2D eigenvalue weighted by molar-refractivity contribution is -0.384. The van der Waals surface area contributed by atoms with E-state index in [2.05, 4.69) is 5.32 Å². The van der Waals surface area contributed by atoms with Crippen LogP contribution in [0.3, 0.4) is 0 Å². The molecule has 1 N–H and O–H groups in total. The molecule has 1 saturated carbocycles. The number of anilines is 1. The van der Waals surface area contributed by atoms with Gasteiger partial charge in [-0.25, -0.2) is 0 Å². The summed E-state index contributed by atoms with van der Waals surface area (Å²) in [7, 11) is 1.76. The molecule has 7 heteroatoms. The predicted molar refractivity (Wildman–Crippen MR) is 102 cm³/mol. The Hall–Kier alpha value is -3.35. The molecule has 1 aliphatic rings. The van der Waals surface area contributed by atoms with E-state index < -0.39 is 4.92 Å². The Labute approximate surface area is 155 Å². The predicted octanol–water partition coefficient (Wildman–Crippen LogP) is 3.87. The van der Waals surface area contributed by atoms with Gasteiger partial charge < -0.3 is 14.6 Å². The Morgan fingerprint density at radius 3 is 2.74 bits per heavy atom. The molecule has 1 aromatic heterocycles. The van der Waals surface area contributed by atoms with Crippen molar-refractivity contribution in [2.75, 3.05) is 11.9 Å². The van der Waals surface area contributed by atoms with Crippen molar-refractivity contribution < 1.29 is 14.1 Å². The molecule has 4 rings (SSSR count). The number of amides is 1. The highest BCUT2D eigenvalue weighted by atomic mass is 16.6. The van der Waals surface area contributed by atoms with E-state index >= 15 is 0 Å². The molecule has 0 bridgehead atoms. The smallest absolute Gasteiger partial charge is 0.293 e. The second kappa shape index (κ2) is 6.75. The van der Waals surface area contributed by atoms with Gasteiger partial charge in [0.15, 0.2) is 0 Å². The molecule has 7 nitrogen and oxygen atoms in total. The number of nitro benzene ring substituents is 1. The molecule has 0 radical (unpaired) electrons. The highest BCUT2D eigenvalue weighted by molar-refractivity contribution is 5.96. The first-order valence-electron chi connectivity index (χ1n) is 8.79. The summed E-state index contributed by atoms with van der Waals surface area (Å²) in [6.07, 6.45) is 1.93. The van der Waals surface area contributed by atoms with Crippen LogP contribution in [0.2, 0.25) is 0 Å². The minimum absolute atomic E-state index is 0.0999. The summed E-state index contributed by atoms with van der Waals surface area (Å²) in [5.41, 5.74) is 1.41. The molecule has 0 atom stereocenters. The van der Waals surface area contributed by atoms with Crippen LogP contribution < -0.4 is 10.2 Å². The van der Waals surface area contributed by atoms with E-state index in [0.29, 0.717) is 23.6 Å². The summed E-state index contributed by atoms with van der Waals surface area (Å²) in [5.74, 6) is 0.440. The maximum atomic E-state index is 12.2. The Morgan fingerprint density at radius 1 is 1.26 bits per heavy atom. The van der Waals surface area contributed by atoms with Gasteiger partial charge in [0.25, 0.3) is 11.6 Å². The number of para-hydroxylation sites is 1. The molecule has 0 saturated heterocycles. The number of fused-ring (bicyclic) bond motifs is 1. The van der Waals surface area contributed by atoms with Crippen LogP contribution in [0.15, 0.2) is 52.9 Å². The van der Waals surface area contributed by atoms with Crippen molar-refractivity contribution in [2.24, 2.45) is 0 Å². The van der Waals surface area contributed by atoms with Crippen molar-refractivity contribution >= 4 is 28.3 Å². The van der Waals surface area contributed by atoms with Gasteiger partial charge in [0.05, 0.1) is 11.5 Å². The summed E-state index contributed by atoms with van der Waals surface area (Å²) in [6.45, 7) is 0.378. The monoisotopic (exact) mass is 365 g/mol. The normalized spacial score (nSPS) is 13.5. The zero-order chi connectivity index (χ0) is 19.0. The number of nitrogens with one attached hydrogen (secondary N) is 1. The number of carbonyl (C=O) groups is 1. The van der Waals surface area contributed by atoms with Crippen LogP contribution in [0.25, 0.3) is 11.0 Å². The summed E-state index contributed by atoms with van der Waals surface area (Å²) < 4.78 is 5.80. The molecule has 2 aromatic carbocycles. The van der Waals surface area contributed by atoms with Gasteiger partial charge in [-0.05, 0) is 37.1 Å². The molecule has 3 aromatic rings. The topological polar surface area (TPSA) is 88.6 Å². The fourth-order valence-electron chi connectivity index (χ4n) is 3.06. The largest absolute Gasteiger partial charge is 0.459 e. The number of nitrogens with zero attached hydrogens (tertiary/aromatic N) is 2. The van der Waals surface area contributed by atoms with Gasteiger partial charge in [-0.1, -0.05) is 18.2 Å². The molecule has 1 amide bonds. The number of hydrogen-bond acceptors (Lipinski definition) is 5. The number of benzene rings is 2. The van der Waals surface area contributed by atoms with E-state index in [9.17, 15) is 14.9 Å². The number of hydrogen-bond donors (Lipinski definition) is 1. The molecule has 1 heterocycles. The summed E-state index contributed by atoms with van der Waals surface area (Å²) in [5, 5.41) is 15.4. The quantitative estimate of drug-likeness (QED) is 0.529. The van der Waals surface area contributed by atoms with E-state index in [4.69, 9.17) is 4.42 Å². The number of rotatable bonds is 6. The summed E-state index contributed by atoms with van der Waals surface area (Å²) in [6, 6.07) is 14.4. The lowest BCUT2D eigenvalue weighted by Crippen LogP contribution is -2.25. The van der Waals surface area contributed by atoms with Crippen LogP contribution in [0.1, 0.15) is 29.0 Å². The van der Waals surface area contributed by atoms with Gasteiger partial charge in [-0.3, -0.25) is 14.9 Å². The maximum Gasteiger partial charge on any atom is 0.293 e. The molecule has 138 valence electrons. The molecular formula is C20H19N3O4. The van der Waals surface area contributed by atoms with E-state index in [1.807, 2.05) is 30.3 Å². The highest BCUT2D eigenvalue weighted by Crippen LogP contribution is 2.31. The molecule has 0 aliphatic heterocycles. The van der Waals surface area contributed by atoms with E-state index in [1.165, 1.54) is 6.07 Å². The SMILES string of the molecule is CN(Cc1cc2ccccc2o1)c1ccc(C(=O)NC2CC2)cc1[N+](=O)[O-]. The first-order valence-corrected chi connectivity index (χ1v) is 8.79. The standard InChI is InChI=1S/C20H19N3O4/c1-22(12-16-10-13-4-2-3-5-19(13)27-16)17-9-6-14(11-18(17)23(25)26)20(24)21-15-7-8-15/h2-6,9-11,15H,7-8,12H2,1H3,(H,21,24). The Balaban J connectivity index is 1.58. The highest BCUT2D eigenvalue weighted by Gasteiger charge is 2.26. The van der Waals surface area contributed by atoms with Crippen molar-refractivity contribution in [3.63, 3.8) is 0 Å². The molecule has 0 unspecified atom stereocenters. The Bertz CT molecular complexity index is 990. The van der Waals surface area contributed by atoms with Crippen molar-refractivity contribution in [2.45, 2.75) is 25.4 Å². The van der Waals surface area contributed by atoms with Crippen molar-refractivity contribution in [3.8, 4) is 0 Å². The van der Waals surface area contributed by atoms with Gasteiger partial charge in [-0.2, -0.15) is 0 Å². The molecular weight excluding hydrogens is 346 g/mol. The van der Waals surface area contributed by atoms with Crippen LogP contribution in [-0.4, -0.2) is 23.9 Å². The average Bonchev–Trinajstić information content (AvgIpc) is 3.37. The number of nitro groups is 1. The zero-order valence-electron chi connectivity index (χ0n) is 14.8. The molecule has 1 aliphatic carbocycles. The van der Waals surface area contributed by atoms with Crippen LogP contribution >= 0.6 is 0 Å². The van der Waals surface area contributed by atoms with Gasteiger partial charge in [-0.15, -0.1) is 0 Å². The van der Waals surface area contributed by atoms with Gasteiger partial charge in [0.2, 0.25) is 0 Å². The molecule has 27 heavy (non-hydrogen) atoms.